The fraction of sp³-hybridized carbons (Fsp3) is 0.667. The number of hydrogen-bond donors (Lipinski definition) is 3. The molecule has 2 saturated heterocycles. The summed E-state index contributed by atoms with van der Waals surface area (Å²) < 4.78 is 5.52. The number of ether oxygens (including phenoxy) is 1. The lowest BCUT2D eigenvalue weighted by Crippen LogP contribution is -2.60. The van der Waals surface area contributed by atoms with Gasteiger partial charge in [0, 0.05) is 38.1 Å². The van der Waals surface area contributed by atoms with Crippen LogP contribution in [0.3, 0.4) is 0 Å². The van der Waals surface area contributed by atoms with E-state index in [2.05, 4.69) is 40.7 Å². The van der Waals surface area contributed by atoms with Gasteiger partial charge in [0.05, 0.1) is 31.4 Å². The van der Waals surface area contributed by atoms with E-state index in [9.17, 15) is 4.79 Å². The number of carbonyl (C=O) groups excluding carboxylic acids is 1. The van der Waals surface area contributed by atoms with Crippen LogP contribution in [0.1, 0.15) is 31.5 Å². The maximum atomic E-state index is 13.4. The number of carbonyl (C=O) groups is 1. The second kappa shape index (κ2) is 8.97. The van der Waals surface area contributed by atoms with E-state index in [0.717, 1.165) is 65.1 Å². The van der Waals surface area contributed by atoms with E-state index in [4.69, 9.17) is 4.74 Å². The van der Waals surface area contributed by atoms with E-state index in [-0.39, 0.29) is 11.3 Å². The summed E-state index contributed by atoms with van der Waals surface area (Å²) in [7, 11) is 0. The van der Waals surface area contributed by atoms with E-state index >= 15 is 0 Å². The maximum absolute atomic E-state index is 13.4. The topological polar surface area (TPSA) is 121 Å². The Balaban J connectivity index is 1.23. The molecule has 2 aromatic rings. The van der Waals surface area contributed by atoms with Gasteiger partial charge in [0.1, 0.15) is 11.5 Å². The van der Waals surface area contributed by atoms with Crippen molar-refractivity contribution >= 4 is 5.91 Å². The number of rotatable bonds is 5. The fourth-order valence-corrected chi connectivity index (χ4v) is 5.41. The summed E-state index contributed by atoms with van der Waals surface area (Å²) in [4.78, 5) is 28.7. The number of piperidine rings is 1. The molecule has 0 unspecified atom stereocenters. The first-order valence-electron chi connectivity index (χ1n) is 11.2. The normalized spacial score (nSPS) is 29.3. The summed E-state index contributed by atoms with van der Waals surface area (Å²) in [6.07, 6.45) is 8.95. The van der Waals surface area contributed by atoms with Gasteiger partial charge >= 0.3 is 0 Å². The van der Waals surface area contributed by atoms with Gasteiger partial charge in [0.25, 0.3) is 0 Å². The predicted molar refractivity (Wildman–Crippen MR) is 113 cm³/mol. The van der Waals surface area contributed by atoms with Crippen LogP contribution in [0.4, 0.5) is 0 Å². The van der Waals surface area contributed by atoms with Crippen LogP contribution in [0.15, 0.2) is 18.6 Å². The minimum absolute atomic E-state index is 0.127. The van der Waals surface area contributed by atoms with Crippen molar-refractivity contribution in [3.05, 3.63) is 24.4 Å². The Bertz CT molecular complexity index is 885. The van der Waals surface area contributed by atoms with Gasteiger partial charge in [-0.1, -0.05) is 0 Å². The Morgan fingerprint density at radius 2 is 2.19 bits per heavy atom. The van der Waals surface area contributed by atoms with Crippen molar-refractivity contribution in [2.45, 2.75) is 38.3 Å². The van der Waals surface area contributed by atoms with Crippen LogP contribution in [0.5, 0.6) is 0 Å². The van der Waals surface area contributed by atoms with E-state index in [1.54, 1.807) is 18.6 Å². The smallest absolute Gasteiger partial charge is 0.228 e. The molecule has 166 valence electrons. The van der Waals surface area contributed by atoms with Crippen molar-refractivity contribution in [3.8, 4) is 11.5 Å². The molecule has 3 fully saturated rings. The molecule has 0 radical (unpaired) electrons. The van der Waals surface area contributed by atoms with Gasteiger partial charge in [-0.3, -0.25) is 19.8 Å². The lowest BCUT2D eigenvalue weighted by Gasteiger charge is -2.50. The zero-order valence-corrected chi connectivity index (χ0v) is 17.7. The molecule has 2 aliphatic heterocycles. The van der Waals surface area contributed by atoms with Crippen molar-refractivity contribution in [2.75, 3.05) is 39.4 Å². The Morgan fingerprint density at radius 1 is 1.29 bits per heavy atom. The largest absolute Gasteiger partial charge is 0.379 e. The van der Waals surface area contributed by atoms with Gasteiger partial charge in [0.15, 0.2) is 0 Å². The summed E-state index contributed by atoms with van der Waals surface area (Å²) in [6, 6.07) is 0.566. The standard InChI is InChI=1S/C21H30N8O2/c30-20(25-13-18-26-19(28-27-18)17-12-22-5-6-24-17)21-3-1-16(29-7-9-31-10-8-29)11-15(21)2-4-23-14-21/h5-6,12,15-16,23H,1-4,7-11,13-14H2,(H,25,30)(H,26,27,28)/t15-,16+,21-/m1/s1. The predicted octanol–water partition coefficient (Wildman–Crippen LogP) is 0.359. The Kier molecular flexibility index (Phi) is 5.93. The molecule has 1 aliphatic carbocycles. The third-order valence-corrected chi connectivity index (χ3v) is 7.13. The van der Waals surface area contributed by atoms with Crippen LogP contribution in [0.25, 0.3) is 11.5 Å². The van der Waals surface area contributed by atoms with Gasteiger partial charge in [-0.2, -0.15) is 5.10 Å². The molecule has 3 aliphatic rings. The fourth-order valence-electron chi connectivity index (χ4n) is 5.41. The van der Waals surface area contributed by atoms with Crippen molar-refractivity contribution in [3.63, 3.8) is 0 Å². The van der Waals surface area contributed by atoms with E-state index in [0.29, 0.717) is 35.8 Å². The molecule has 2 aromatic heterocycles. The third-order valence-electron chi connectivity index (χ3n) is 7.13. The molecule has 0 aromatic carbocycles. The molecule has 3 atom stereocenters. The van der Waals surface area contributed by atoms with Gasteiger partial charge < -0.3 is 15.4 Å². The molecule has 3 N–H and O–H groups in total. The van der Waals surface area contributed by atoms with Crippen LogP contribution >= 0.6 is 0 Å². The van der Waals surface area contributed by atoms with Crippen LogP contribution in [0.2, 0.25) is 0 Å². The van der Waals surface area contributed by atoms with E-state index in [1.807, 2.05) is 0 Å². The number of amides is 1. The lowest BCUT2D eigenvalue weighted by molar-refractivity contribution is -0.140. The second-order valence-corrected chi connectivity index (χ2v) is 8.77. The van der Waals surface area contributed by atoms with Crippen LogP contribution in [-0.2, 0) is 16.1 Å². The SMILES string of the molecule is O=C(NCc1nc(-c2cnccn2)n[nH]1)[C@@]12CC[C@H](N3CCOCC3)C[C@H]1CCNC2. The molecule has 0 spiro atoms. The van der Waals surface area contributed by atoms with Gasteiger partial charge in [-0.15, -0.1) is 0 Å². The Morgan fingerprint density at radius 3 is 3.03 bits per heavy atom. The summed E-state index contributed by atoms with van der Waals surface area (Å²) in [6.45, 7) is 5.72. The monoisotopic (exact) mass is 426 g/mol. The number of H-pyrrole nitrogens is 1. The number of nitrogens with zero attached hydrogens (tertiary/aromatic N) is 5. The first-order chi connectivity index (χ1) is 15.2. The zero-order valence-electron chi connectivity index (χ0n) is 17.7. The number of hydrogen-bond acceptors (Lipinski definition) is 8. The molecule has 31 heavy (non-hydrogen) atoms. The Hall–Kier alpha value is -2.43. The summed E-state index contributed by atoms with van der Waals surface area (Å²) >= 11 is 0. The number of morpholine rings is 1. The molecular weight excluding hydrogens is 396 g/mol. The van der Waals surface area contributed by atoms with Gasteiger partial charge in [0.2, 0.25) is 11.7 Å². The first kappa shape index (κ1) is 20.5. The summed E-state index contributed by atoms with van der Waals surface area (Å²) in [5.41, 5.74) is 0.266. The van der Waals surface area contributed by atoms with Gasteiger partial charge in [-0.05, 0) is 38.1 Å². The van der Waals surface area contributed by atoms with E-state index in [1.165, 1.54) is 0 Å². The average molecular weight is 427 g/mol. The molecule has 10 nitrogen and oxygen atoms in total. The zero-order chi connectivity index (χ0) is 21.1. The summed E-state index contributed by atoms with van der Waals surface area (Å²) in [5, 5.41) is 13.7. The molecule has 1 saturated carbocycles. The Labute approximate surface area is 181 Å². The minimum Gasteiger partial charge on any atom is -0.379 e. The molecule has 5 rings (SSSR count). The third kappa shape index (κ3) is 4.19. The maximum Gasteiger partial charge on any atom is 0.228 e. The first-order valence-corrected chi connectivity index (χ1v) is 11.2. The highest BCUT2D eigenvalue weighted by Crippen LogP contribution is 2.46. The van der Waals surface area contributed by atoms with Crippen molar-refractivity contribution in [2.24, 2.45) is 11.3 Å². The highest BCUT2D eigenvalue weighted by molar-refractivity contribution is 5.83. The van der Waals surface area contributed by atoms with Gasteiger partial charge in [-0.25, -0.2) is 9.97 Å². The van der Waals surface area contributed by atoms with Crippen LogP contribution in [0, 0.1) is 11.3 Å². The highest BCUT2D eigenvalue weighted by Gasteiger charge is 2.50. The number of nitrogens with one attached hydrogen (secondary N) is 3. The van der Waals surface area contributed by atoms with Crippen LogP contribution < -0.4 is 10.6 Å². The molecule has 4 heterocycles. The van der Waals surface area contributed by atoms with E-state index < -0.39 is 0 Å². The van der Waals surface area contributed by atoms with Crippen molar-refractivity contribution in [1.82, 2.24) is 40.7 Å². The second-order valence-electron chi connectivity index (χ2n) is 8.77. The minimum atomic E-state index is -0.338. The highest BCUT2D eigenvalue weighted by atomic mass is 16.5. The number of fused-ring (bicyclic) bond motifs is 1. The van der Waals surface area contributed by atoms with Crippen LogP contribution in [-0.4, -0.2) is 81.4 Å². The molecular formula is C21H30N8O2. The lowest BCUT2D eigenvalue weighted by atomic mass is 9.61. The molecule has 1 amide bonds. The average Bonchev–Trinajstić information content (AvgIpc) is 3.32. The molecule has 0 bridgehead atoms. The van der Waals surface area contributed by atoms with Crippen molar-refractivity contribution < 1.29 is 9.53 Å². The summed E-state index contributed by atoms with van der Waals surface area (Å²) in [5.74, 6) is 1.63. The number of aromatic nitrogens is 5. The van der Waals surface area contributed by atoms with Crippen molar-refractivity contribution in [1.29, 1.82) is 0 Å². The number of aromatic amines is 1. The quantitative estimate of drug-likeness (QED) is 0.627. The molecule has 10 heteroatoms.